The van der Waals surface area contributed by atoms with Crippen molar-refractivity contribution in [2.24, 2.45) is 28.9 Å². The van der Waals surface area contributed by atoms with Crippen LogP contribution in [-0.4, -0.2) is 138 Å². The number of rotatable bonds is 17. The average Bonchev–Trinajstić information content (AvgIpc) is 3.77. The Bertz CT molecular complexity index is 1430. The summed E-state index contributed by atoms with van der Waals surface area (Å²) in [7, 11) is 0. The molecule has 14 nitrogen and oxygen atoms in total. The van der Waals surface area contributed by atoms with Crippen LogP contribution in [0.5, 0.6) is 0 Å². The highest BCUT2D eigenvalue weighted by molar-refractivity contribution is 5.84. The van der Waals surface area contributed by atoms with E-state index in [1.54, 1.807) is 4.90 Å². The highest BCUT2D eigenvalue weighted by atomic mass is 16.5. The number of nitriles is 1. The average molecular weight is 714 g/mol. The van der Waals surface area contributed by atoms with Crippen molar-refractivity contribution in [1.29, 1.82) is 5.26 Å². The second-order valence-electron chi connectivity index (χ2n) is 16.2. The molecule has 282 valence electrons. The quantitative estimate of drug-likeness (QED) is 0.118. The fourth-order valence-corrected chi connectivity index (χ4v) is 10.2. The molecule has 5 aliphatic carbocycles. The van der Waals surface area contributed by atoms with E-state index in [0.29, 0.717) is 37.3 Å². The Balaban J connectivity index is 1.02. The summed E-state index contributed by atoms with van der Waals surface area (Å²) < 4.78 is 6.65. The Labute approximate surface area is 299 Å². The molecule has 1 saturated heterocycles. The third kappa shape index (κ3) is 7.91. The lowest BCUT2D eigenvalue weighted by Gasteiger charge is -2.63. The second-order valence-corrected chi connectivity index (χ2v) is 16.2. The van der Waals surface area contributed by atoms with Gasteiger partial charge in [0.1, 0.15) is 24.4 Å². The van der Waals surface area contributed by atoms with Gasteiger partial charge in [-0.2, -0.15) is 5.26 Å². The smallest absolute Gasteiger partial charge is 0.407 e. The van der Waals surface area contributed by atoms with Crippen LogP contribution in [0.1, 0.15) is 69.4 Å². The van der Waals surface area contributed by atoms with E-state index in [-0.39, 0.29) is 49.6 Å². The number of nitrogens with zero attached hydrogens (tertiary/aromatic N) is 4. The minimum atomic E-state index is -1.69. The summed E-state index contributed by atoms with van der Waals surface area (Å²) in [6, 6.07) is 8.90. The van der Waals surface area contributed by atoms with E-state index in [4.69, 9.17) is 15.6 Å². The number of likely N-dealkylation sites (tertiary alicyclic amines) is 1. The number of likely N-dealkylation sites (N-methyl/N-ethyl adjacent to an activating group) is 1. The van der Waals surface area contributed by atoms with Crippen LogP contribution in [0, 0.1) is 34.5 Å². The van der Waals surface area contributed by atoms with Gasteiger partial charge >= 0.3 is 6.09 Å². The fourth-order valence-electron chi connectivity index (χ4n) is 10.2. The zero-order chi connectivity index (χ0) is 36.7. The molecule has 4 bridgehead atoms. The van der Waals surface area contributed by atoms with Gasteiger partial charge in [0.25, 0.3) is 0 Å². The van der Waals surface area contributed by atoms with E-state index in [9.17, 15) is 40.4 Å². The van der Waals surface area contributed by atoms with Crippen molar-refractivity contribution >= 4 is 12.0 Å². The normalized spacial score (nSPS) is 33.3. The maximum Gasteiger partial charge on any atom is 0.407 e. The minimum Gasteiger partial charge on any atom is -0.465 e. The van der Waals surface area contributed by atoms with Crippen molar-refractivity contribution < 1.29 is 45.0 Å². The first kappa shape index (κ1) is 37.9. The molecule has 7 rings (SSSR count). The standard InChI is InChI=1S/C37H55N5O9/c1-2-40(19-29(44)31(46)32(47)30(45)20-43)17-22-3-5-23(6-4-22)18-41(35(49)50)7-8-51-37-14-24-9-25(15-37)13-36(12-24,21-37)33(39)34(48)42-27(16-38)10-26-11-28(26)42/h3-6,24-33,43-47H,2,7-15,17-21,39H2,1H3,(H,49,50)/t24-,25?,26+,27-,28-,29-,30+,31+,32+,33+,36?,37?/m0/s1. The molecule has 3 unspecified atom stereocenters. The van der Waals surface area contributed by atoms with E-state index in [1.807, 2.05) is 36.1 Å². The summed E-state index contributed by atoms with van der Waals surface area (Å²) in [5.74, 6) is 1.18. The molecule has 0 aromatic heterocycles. The van der Waals surface area contributed by atoms with Crippen LogP contribution < -0.4 is 5.73 Å². The molecule has 1 aliphatic heterocycles. The number of nitrogens with two attached hydrogens (primary N) is 1. The number of carboxylic acid groups (broad SMARTS) is 1. The van der Waals surface area contributed by atoms with Crippen molar-refractivity contribution in [2.75, 3.05) is 32.8 Å². The third-order valence-corrected chi connectivity index (χ3v) is 12.5. The number of benzene rings is 1. The molecular weight excluding hydrogens is 658 g/mol. The highest BCUT2D eigenvalue weighted by Gasteiger charge is 2.63. The van der Waals surface area contributed by atoms with Crippen LogP contribution in [0.4, 0.5) is 4.79 Å². The van der Waals surface area contributed by atoms with Gasteiger partial charge in [0.2, 0.25) is 5.91 Å². The third-order valence-electron chi connectivity index (χ3n) is 12.5. The molecule has 8 N–H and O–H groups in total. The minimum absolute atomic E-state index is 0.0226. The number of ether oxygens (including phenoxy) is 1. The van der Waals surface area contributed by atoms with Gasteiger partial charge in [-0.05, 0) is 92.2 Å². The van der Waals surface area contributed by atoms with Crippen molar-refractivity contribution in [3.63, 3.8) is 0 Å². The molecule has 0 radical (unpaired) electrons. The largest absolute Gasteiger partial charge is 0.465 e. The summed E-state index contributed by atoms with van der Waals surface area (Å²) in [6.07, 6.45) is -0.204. The van der Waals surface area contributed by atoms with Crippen LogP contribution in [0.15, 0.2) is 24.3 Å². The van der Waals surface area contributed by atoms with Crippen LogP contribution in [0.25, 0.3) is 0 Å². The van der Waals surface area contributed by atoms with Crippen molar-refractivity contribution in [1.82, 2.24) is 14.7 Å². The van der Waals surface area contributed by atoms with Gasteiger partial charge in [-0.1, -0.05) is 31.2 Å². The first-order valence-corrected chi connectivity index (χ1v) is 18.5. The SMILES string of the molecule is CCN(Cc1ccc(CN(CCOC23CC4C[C@H](C2)CC([C@H](N)C(=O)N2[C@H](C#N)C[C@@H]5C[C@@H]52)(C4)C3)C(=O)O)cc1)C[C@H](O)[C@@H](O)[C@H](O)[C@H](O)CO. The Kier molecular flexibility index (Phi) is 11.3. The van der Waals surface area contributed by atoms with Gasteiger partial charge in [0.05, 0.1) is 37.0 Å². The zero-order valence-corrected chi connectivity index (χ0v) is 29.5. The summed E-state index contributed by atoms with van der Waals surface area (Å²) in [6.45, 7) is 2.72. The summed E-state index contributed by atoms with van der Waals surface area (Å²) in [4.78, 5) is 31.1. The molecule has 0 spiro atoms. The van der Waals surface area contributed by atoms with Gasteiger partial charge in [-0.15, -0.1) is 0 Å². The van der Waals surface area contributed by atoms with Crippen LogP contribution in [-0.2, 0) is 22.6 Å². The summed E-state index contributed by atoms with van der Waals surface area (Å²) >= 11 is 0. The number of carbonyl (C=O) groups is 2. The molecule has 12 atom stereocenters. The molecule has 14 heteroatoms. The molecular formula is C37H55N5O9. The second kappa shape index (κ2) is 15.2. The van der Waals surface area contributed by atoms with Gasteiger partial charge < -0.3 is 50.9 Å². The van der Waals surface area contributed by atoms with Gasteiger partial charge in [-0.25, -0.2) is 4.79 Å². The number of hydrogen-bond acceptors (Lipinski definition) is 11. The molecule has 6 aliphatic rings. The number of amides is 2. The first-order chi connectivity index (χ1) is 24.3. The van der Waals surface area contributed by atoms with Crippen LogP contribution in [0.2, 0.25) is 0 Å². The molecule has 1 heterocycles. The van der Waals surface area contributed by atoms with E-state index in [1.165, 1.54) is 4.90 Å². The monoisotopic (exact) mass is 713 g/mol. The molecule has 2 amide bonds. The van der Waals surface area contributed by atoms with Crippen molar-refractivity contribution in [3.05, 3.63) is 35.4 Å². The summed E-state index contributed by atoms with van der Waals surface area (Å²) in [5.41, 5.74) is 7.78. The maximum atomic E-state index is 13.8. The molecule has 51 heavy (non-hydrogen) atoms. The van der Waals surface area contributed by atoms with Crippen molar-refractivity contribution in [2.45, 2.75) is 120 Å². The zero-order valence-electron chi connectivity index (χ0n) is 29.5. The Morgan fingerprint density at radius 2 is 1.63 bits per heavy atom. The van der Waals surface area contributed by atoms with E-state index < -0.39 is 48.8 Å². The number of carbonyl (C=O) groups excluding carboxylic acids is 1. The predicted octanol–water partition coefficient (Wildman–Crippen LogP) is 0.620. The Hall–Kier alpha value is -2.87. The van der Waals surface area contributed by atoms with E-state index in [2.05, 4.69) is 6.07 Å². The topological polar surface area (TPSA) is 224 Å². The van der Waals surface area contributed by atoms with Crippen LogP contribution in [0.3, 0.4) is 0 Å². The number of piperidine rings is 1. The molecule has 5 saturated carbocycles. The lowest BCUT2D eigenvalue weighted by Crippen LogP contribution is -2.65. The maximum absolute atomic E-state index is 13.8. The van der Waals surface area contributed by atoms with Crippen LogP contribution >= 0.6 is 0 Å². The molecule has 1 aromatic carbocycles. The van der Waals surface area contributed by atoms with E-state index >= 15 is 0 Å². The number of aliphatic hydroxyl groups is 5. The fraction of sp³-hybridized carbons (Fsp3) is 0.757. The molecule has 1 aromatic rings. The van der Waals surface area contributed by atoms with Gasteiger partial charge in [-0.3, -0.25) is 9.69 Å². The lowest BCUT2D eigenvalue weighted by molar-refractivity contribution is -0.201. The Morgan fingerprint density at radius 1 is 1.00 bits per heavy atom. The van der Waals surface area contributed by atoms with E-state index in [0.717, 1.165) is 56.1 Å². The highest BCUT2D eigenvalue weighted by Crippen LogP contribution is 2.64. The summed E-state index contributed by atoms with van der Waals surface area (Å²) in [5, 5.41) is 68.9. The number of fused-ring (bicyclic) bond motifs is 1. The molecule has 6 fully saturated rings. The van der Waals surface area contributed by atoms with Gasteiger partial charge in [0, 0.05) is 32.2 Å². The Morgan fingerprint density at radius 3 is 2.22 bits per heavy atom. The van der Waals surface area contributed by atoms with Gasteiger partial charge in [0.15, 0.2) is 0 Å². The number of aliphatic hydroxyl groups excluding tert-OH is 5. The first-order valence-electron chi connectivity index (χ1n) is 18.5. The predicted molar refractivity (Wildman–Crippen MR) is 183 cm³/mol. The van der Waals surface area contributed by atoms with Crippen molar-refractivity contribution in [3.8, 4) is 6.07 Å². The number of hydrogen-bond donors (Lipinski definition) is 7. The lowest BCUT2D eigenvalue weighted by atomic mass is 9.46.